The van der Waals surface area contributed by atoms with Crippen LogP contribution in [0.4, 0.5) is 8.78 Å². The molecule has 0 spiro atoms. The quantitative estimate of drug-likeness (QED) is 0.668. The monoisotopic (exact) mass is 385 g/mol. The van der Waals surface area contributed by atoms with E-state index >= 15 is 0 Å². The standard InChI is InChI=1S/C18H21F2NO6/c1-25-14-10-12(2-4-13(14)27-17(19)20)3-5-15(22)21-18(11-16(23)24)6-8-26-9-7-18/h2-5,10,17H,6-9,11H2,1H3,(H,21,22)(H,23,24)/b5-3+. The Morgan fingerprint density at radius 3 is 2.63 bits per heavy atom. The fraction of sp³-hybridized carbons (Fsp3) is 0.444. The largest absolute Gasteiger partial charge is 0.493 e. The number of amides is 1. The second-order valence-corrected chi connectivity index (χ2v) is 6.07. The van der Waals surface area contributed by atoms with Crippen LogP contribution >= 0.6 is 0 Å². The van der Waals surface area contributed by atoms with Gasteiger partial charge in [-0.25, -0.2) is 0 Å². The third kappa shape index (κ3) is 6.21. The molecule has 2 N–H and O–H groups in total. The molecule has 0 bridgehead atoms. The third-order valence-corrected chi connectivity index (χ3v) is 4.16. The Kier molecular flexibility index (Phi) is 7.12. The maximum absolute atomic E-state index is 12.3. The fourth-order valence-corrected chi connectivity index (χ4v) is 2.85. The van der Waals surface area contributed by atoms with E-state index in [1.165, 1.54) is 37.5 Å². The van der Waals surface area contributed by atoms with Crippen molar-refractivity contribution < 1.29 is 37.7 Å². The van der Waals surface area contributed by atoms with Gasteiger partial charge in [0.05, 0.1) is 19.1 Å². The number of carbonyl (C=O) groups is 2. The van der Waals surface area contributed by atoms with Gasteiger partial charge in [-0.15, -0.1) is 0 Å². The van der Waals surface area contributed by atoms with Crippen LogP contribution in [-0.2, 0) is 14.3 Å². The molecule has 1 saturated heterocycles. The van der Waals surface area contributed by atoms with Crippen LogP contribution in [-0.4, -0.2) is 49.5 Å². The smallest absolute Gasteiger partial charge is 0.387 e. The molecule has 0 aliphatic carbocycles. The minimum atomic E-state index is -2.98. The Bertz CT molecular complexity index is 701. The number of ether oxygens (including phenoxy) is 3. The number of hydrogen-bond acceptors (Lipinski definition) is 5. The zero-order valence-corrected chi connectivity index (χ0v) is 14.7. The number of carboxylic acids is 1. The van der Waals surface area contributed by atoms with Crippen LogP contribution in [0.2, 0.25) is 0 Å². The highest BCUT2D eigenvalue weighted by Crippen LogP contribution is 2.30. The van der Waals surface area contributed by atoms with Crippen LogP contribution in [0.25, 0.3) is 6.08 Å². The molecule has 0 saturated carbocycles. The van der Waals surface area contributed by atoms with Gasteiger partial charge in [0, 0.05) is 19.3 Å². The number of aliphatic carboxylic acids is 1. The lowest BCUT2D eigenvalue weighted by atomic mass is 9.86. The molecular formula is C18H21F2NO6. The Morgan fingerprint density at radius 1 is 1.33 bits per heavy atom. The molecule has 0 radical (unpaired) electrons. The highest BCUT2D eigenvalue weighted by atomic mass is 19.3. The molecule has 0 aromatic heterocycles. The summed E-state index contributed by atoms with van der Waals surface area (Å²) in [7, 11) is 1.31. The summed E-state index contributed by atoms with van der Waals surface area (Å²) in [5, 5.41) is 11.9. The second-order valence-electron chi connectivity index (χ2n) is 6.07. The van der Waals surface area contributed by atoms with Crippen molar-refractivity contribution in [1.29, 1.82) is 0 Å². The van der Waals surface area contributed by atoms with Gasteiger partial charge in [0.25, 0.3) is 0 Å². The van der Waals surface area contributed by atoms with E-state index in [4.69, 9.17) is 14.6 Å². The summed E-state index contributed by atoms with van der Waals surface area (Å²) in [5.74, 6) is -1.47. The Morgan fingerprint density at radius 2 is 2.04 bits per heavy atom. The lowest BCUT2D eigenvalue weighted by molar-refractivity contribution is -0.140. The predicted molar refractivity (Wildman–Crippen MR) is 91.8 cm³/mol. The maximum atomic E-state index is 12.3. The second kappa shape index (κ2) is 9.31. The summed E-state index contributed by atoms with van der Waals surface area (Å²) in [5.41, 5.74) is -0.319. The van der Waals surface area contributed by atoms with Crippen molar-refractivity contribution in [3.63, 3.8) is 0 Å². The average Bonchev–Trinajstić information content (AvgIpc) is 2.60. The fourth-order valence-electron chi connectivity index (χ4n) is 2.85. The van der Waals surface area contributed by atoms with Crippen molar-refractivity contribution in [1.82, 2.24) is 5.32 Å². The van der Waals surface area contributed by atoms with E-state index in [0.29, 0.717) is 31.6 Å². The molecule has 1 aromatic carbocycles. The number of nitrogens with one attached hydrogen (secondary N) is 1. The van der Waals surface area contributed by atoms with Gasteiger partial charge in [-0.3, -0.25) is 9.59 Å². The molecule has 0 atom stereocenters. The van der Waals surface area contributed by atoms with Crippen LogP contribution < -0.4 is 14.8 Å². The number of methoxy groups -OCH3 is 1. The first-order valence-electron chi connectivity index (χ1n) is 8.26. The molecule has 1 amide bonds. The van der Waals surface area contributed by atoms with Crippen molar-refractivity contribution >= 4 is 18.0 Å². The number of rotatable bonds is 8. The van der Waals surface area contributed by atoms with E-state index < -0.39 is 24.0 Å². The molecule has 1 aliphatic heterocycles. The highest BCUT2D eigenvalue weighted by Gasteiger charge is 2.35. The molecule has 0 unspecified atom stereocenters. The van der Waals surface area contributed by atoms with Gasteiger partial charge in [0.1, 0.15) is 0 Å². The first-order valence-corrected chi connectivity index (χ1v) is 8.26. The van der Waals surface area contributed by atoms with Gasteiger partial charge in [-0.2, -0.15) is 8.78 Å². The molecule has 1 fully saturated rings. The molecule has 1 aromatic rings. The van der Waals surface area contributed by atoms with E-state index in [-0.39, 0.29) is 17.9 Å². The SMILES string of the molecule is COc1cc(/C=C/C(=O)NC2(CC(=O)O)CCOCC2)ccc1OC(F)F. The van der Waals surface area contributed by atoms with Gasteiger partial charge in [0.15, 0.2) is 11.5 Å². The molecular weight excluding hydrogens is 364 g/mol. The normalized spacial score (nSPS) is 16.3. The molecule has 1 heterocycles. The number of hydrogen-bond donors (Lipinski definition) is 2. The Labute approximate surface area is 154 Å². The van der Waals surface area contributed by atoms with Crippen molar-refractivity contribution in [2.24, 2.45) is 0 Å². The third-order valence-electron chi connectivity index (χ3n) is 4.16. The summed E-state index contributed by atoms with van der Waals surface area (Å²) in [6, 6.07) is 4.25. The van der Waals surface area contributed by atoms with Gasteiger partial charge < -0.3 is 24.6 Å². The lowest BCUT2D eigenvalue weighted by Crippen LogP contribution is -2.52. The molecule has 9 heteroatoms. The predicted octanol–water partition coefficient (Wildman–Crippen LogP) is 2.45. The average molecular weight is 385 g/mol. The first kappa shape index (κ1) is 20.6. The minimum Gasteiger partial charge on any atom is -0.493 e. The Balaban J connectivity index is 2.07. The Hall–Kier alpha value is -2.68. The summed E-state index contributed by atoms with van der Waals surface area (Å²) >= 11 is 0. The van der Waals surface area contributed by atoms with Gasteiger partial charge in [-0.1, -0.05) is 6.07 Å². The zero-order chi connectivity index (χ0) is 19.9. The lowest BCUT2D eigenvalue weighted by Gasteiger charge is -2.36. The maximum Gasteiger partial charge on any atom is 0.387 e. The molecule has 1 aliphatic rings. The van der Waals surface area contributed by atoms with E-state index in [1.807, 2.05) is 0 Å². The van der Waals surface area contributed by atoms with Crippen molar-refractivity contribution in [3.8, 4) is 11.5 Å². The van der Waals surface area contributed by atoms with Crippen molar-refractivity contribution in [3.05, 3.63) is 29.8 Å². The van der Waals surface area contributed by atoms with Crippen molar-refractivity contribution in [2.45, 2.75) is 31.4 Å². The molecule has 7 nitrogen and oxygen atoms in total. The number of alkyl halides is 2. The molecule has 2 rings (SSSR count). The topological polar surface area (TPSA) is 94.1 Å². The van der Waals surface area contributed by atoms with E-state index in [0.717, 1.165) is 0 Å². The number of halogens is 2. The van der Waals surface area contributed by atoms with E-state index in [2.05, 4.69) is 10.1 Å². The van der Waals surface area contributed by atoms with Gasteiger partial charge in [0.2, 0.25) is 5.91 Å². The number of carboxylic acid groups (broad SMARTS) is 1. The first-order chi connectivity index (χ1) is 12.8. The zero-order valence-electron chi connectivity index (χ0n) is 14.7. The van der Waals surface area contributed by atoms with Gasteiger partial charge >= 0.3 is 12.6 Å². The summed E-state index contributed by atoms with van der Waals surface area (Å²) < 4.78 is 39.3. The van der Waals surface area contributed by atoms with Crippen LogP contribution in [0.5, 0.6) is 11.5 Å². The molecule has 148 valence electrons. The molecule has 27 heavy (non-hydrogen) atoms. The number of benzene rings is 1. The van der Waals surface area contributed by atoms with E-state index in [9.17, 15) is 18.4 Å². The van der Waals surface area contributed by atoms with Crippen molar-refractivity contribution in [2.75, 3.05) is 20.3 Å². The summed E-state index contributed by atoms with van der Waals surface area (Å²) in [4.78, 5) is 23.4. The van der Waals surface area contributed by atoms with Gasteiger partial charge in [-0.05, 0) is 36.6 Å². The minimum absolute atomic E-state index is 0.102. The van der Waals surface area contributed by atoms with Crippen LogP contribution in [0.3, 0.4) is 0 Å². The van der Waals surface area contributed by atoms with E-state index in [1.54, 1.807) is 0 Å². The highest BCUT2D eigenvalue weighted by molar-refractivity contribution is 5.92. The van der Waals surface area contributed by atoms with Crippen LogP contribution in [0.1, 0.15) is 24.8 Å². The van der Waals surface area contributed by atoms with Crippen LogP contribution in [0.15, 0.2) is 24.3 Å². The number of carbonyl (C=O) groups excluding carboxylic acids is 1. The summed E-state index contributed by atoms with van der Waals surface area (Å²) in [6.45, 7) is -2.23. The van der Waals surface area contributed by atoms with Crippen LogP contribution in [0, 0.1) is 0 Å². The summed E-state index contributed by atoms with van der Waals surface area (Å²) in [6.07, 6.45) is 3.35.